The van der Waals surface area contributed by atoms with E-state index >= 15 is 0 Å². The molecule has 1 amide bonds. The Labute approximate surface area is 106 Å². The van der Waals surface area contributed by atoms with Crippen LogP contribution in [0.4, 0.5) is 0 Å². The number of carbonyl (C=O) groups is 1. The van der Waals surface area contributed by atoms with E-state index in [9.17, 15) is 4.79 Å². The zero-order chi connectivity index (χ0) is 12.8. The molecule has 0 aromatic carbocycles. The molecule has 0 bridgehead atoms. The maximum Gasteiger partial charge on any atom is 0.227 e. The van der Waals surface area contributed by atoms with Crippen molar-refractivity contribution in [2.75, 3.05) is 6.54 Å². The molecule has 1 aliphatic rings. The molecule has 0 aromatic heterocycles. The topological polar surface area (TPSA) is 46.3 Å². The van der Waals surface area contributed by atoms with Crippen LogP contribution in [0, 0.1) is 5.92 Å². The summed E-state index contributed by atoms with van der Waals surface area (Å²) in [5.41, 5.74) is 6.03. The molecule has 1 saturated carbocycles. The third kappa shape index (κ3) is 3.98. The Bertz CT molecular complexity index is 240. The minimum Gasteiger partial charge on any atom is -0.340 e. The minimum atomic E-state index is 0.0824. The molecule has 2 N–H and O–H groups in total. The van der Waals surface area contributed by atoms with Crippen LogP contribution in [0.1, 0.15) is 59.3 Å². The van der Waals surface area contributed by atoms with Crippen LogP contribution in [0.3, 0.4) is 0 Å². The van der Waals surface area contributed by atoms with E-state index in [2.05, 4.69) is 20.8 Å². The van der Waals surface area contributed by atoms with E-state index in [1.807, 2.05) is 4.90 Å². The van der Waals surface area contributed by atoms with Crippen LogP contribution >= 0.6 is 0 Å². The zero-order valence-corrected chi connectivity index (χ0v) is 11.6. The summed E-state index contributed by atoms with van der Waals surface area (Å²) >= 11 is 0. The maximum absolute atomic E-state index is 12.4. The van der Waals surface area contributed by atoms with E-state index in [1.165, 1.54) is 12.8 Å². The Morgan fingerprint density at radius 1 is 1.35 bits per heavy atom. The molecule has 1 aliphatic carbocycles. The number of carbonyl (C=O) groups excluding carboxylic acids is 1. The fraction of sp³-hybridized carbons (Fsp3) is 0.929. The first-order valence-electron chi connectivity index (χ1n) is 7.14. The van der Waals surface area contributed by atoms with Crippen molar-refractivity contribution in [3.63, 3.8) is 0 Å². The third-order valence-electron chi connectivity index (χ3n) is 3.80. The molecule has 0 aromatic rings. The van der Waals surface area contributed by atoms with E-state index in [4.69, 9.17) is 5.73 Å². The predicted molar refractivity (Wildman–Crippen MR) is 71.7 cm³/mol. The minimum absolute atomic E-state index is 0.0824. The molecule has 0 saturated heterocycles. The summed E-state index contributed by atoms with van der Waals surface area (Å²) in [6, 6.07) is 0.391. The van der Waals surface area contributed by atoms with Gasteiger partial charge < -0.3 is 10.6 Å². The molecule has 1 fully saturated rings. The van der Waals surface area contributed by atoms with E-state index in [0.717, 1.165) is 32.2 Å². The Kier molecular flexibility index (Phi) is 5.96. The van der Waals surface area contributed by atoms with Crippen LogP contribution in [-0.4, -0.2) is 29.4 Å². The van der Waals surface area contributed by atoms with Crippen LogP contribution < -0.4 is 5.73 Å². The van der Waals surface area contributed by atoms with E-state index < -0.39 is 0 Å². The number of hydrogen-bond donors (Lipinski definition) is 1. The largest absolute Gasteiger partial charge is 0.340 e. The lowest BCUT2D eigenvalue weighted by atomic mass is 10.0. The lowest BCUT2D eigenvalue weighted by Gasteiger charge is -2.30. The fourth-order valence-electron chi connectivity index (χ4n) is 2.66. The SMILES string of the molecule is CCCCCN(C(=O)C1CCCC1N)C(C)C. The second-order valence-electron chi connectivity index (χ2n) is 5.53. The molecule has 1 rings (SSSR count). The lowest BCUT2D eigenvalue weighted by molar-refractivity contribution is -0.137. The zero-order valence-electron chi connectivity index (χ0n) is 11.6. The summed E-state index contributed by atoms with van der Waals surface area (Å²) in [5.74, 6) is 0.375. The summed E-state index contributed by atoms with van der Waals surface area (Å²) < 4.78 is 0. The van der Waals surface area contributed by atoms with Gasteiger partial charge in [0.2, 0.25) is 5.91 Å². The van der Waals surface area contributed by atoms with E-state index in [0.29, 0.717) is 11.9 Å². The summed E-state index contributed by atoms with van der Waals surface area (Å²) in [5, 5.41) is 0. The van der Waals surface area contributed by atoms with Crippen LogP contribution in [0.2, 0.25) is 0 Å². The standard InChI is InChI=1S/C14H28N2O/c1-4-5-6-10-16(11(2)3)14(17)12-8-7-9-13(12)15/h11-13H,4-10,15H2,1-3H3. The fourth-order valence-corrected chi connectivity index (χ4v) is 2.66. The highest BCUT2D eigenvalue weighted by Gasteiger charge is 2.33. The maximum atomic E-state index is 12.4. The van der Waals surface area contributed by atoms with Gasteiger partial charge in [-0.15, -0.1) is 0 Å². The van der Waals surface area contributed by atoms with Crippen molar-refractivity contribution >= 4 is 5.91 Å². The second-order valence-corrected chi connectivity index (χ2v) is 5.53. The van der Waals surface area contributed by atoms with Crippen LogP contribution in [0.15, 0.2) is 0 Å². The van der Waals surface area contributed by atoms with E-state index in [-0.39, 0.29) is 12.0 Å². The monoisotopic (exact) mass is 240 g/mol. The van der Waals surface area contributed by atoms with Crippen molar-refractivity contribution in [1.82, 2.24) is 4.90 Å². The highest BCUT2D eigenvalue weighted by atomic mass is 16.2. The first kappa shape index (κ1) is 14.5. The number of unbranched alkanes of at least 4 members (excludes halogenated alkanes) is 2. The number of hydrogen-bond acceptors (Lipinski definition) is 2. The average Bonchev–Trinajstić information content (AvgIpc) is 2.69. The van der Waals surface area contributed by atoms with Gasteiger partial charge in [0.05, 0.1) is 5.92 Å². The molecule has 0 aliphatic heterocycles. The van der Waals surface area contributed by atoms with Gasteiger partial charge in [0, 0.05) is 18.6 Å². The molecule has 3 nitrogen and oxygen atoms in total. The Morgan fingerprint density at radius 3 is 2.53 bits per heavy atom. The summed E-state index contributed by atoms with van der Waals surface area (Å²) in [6.45, 7) is 7.29. The van der Waals surface area contributed by atoms with Gasteiger partial charge in [-0.1, -0.05) is 26.2 Å². The molecule has 100 valence electrons. The van der Waals surface area contributed by atoms with Gasteiger partial charge in [0.15, 0.2) is 0 Å². The molecule has 2 unspecified atom stereocenters. The normalized spacial score (nSPS) is 24.3. The van der Waals surface area contributed by atoms with Crippen LogP contribution in [-0.2, 0) is 4.79 Å². The van der Waals surface area contributed by atoms with E-state index in [1.54, 1.807) is 0 Å². The van der Waals surface area contributed by atoms with Crippen molar-refractivity contribution in [2.24, 2.45) is 11.7 Å². The second kappa shape index (κ2) is 7.00. The molecule has 0 spiro atoms. The molecule has 0 heterocycles. The van der Waals surface area contributed by atoms with Crippen LogP contribution in [0.5, 0.6) is 0 Å². The van der Waals surface area contributed by atoms with Gasteiger partial charge in [0.1, 0.15) is 0 Å². The predicted octanol–water partition coefficient (Wildman–Crippen LogP) is 2.54. The Hall–Kier alpha value is -0.570. The smallest absolute Gasteiger partial charge is 0.227 e. The van der Waals surface area contributed by atoms with Gasteiger partial charge in [0.25, 0.3) is 0 Å². The van der Waals surface area contributed by atoms with Gasteiger partial charge >= 0.3 is 0 Å². The summed E-state index contributed by atoms with van der Waals surface area (Å²) in [6.07, 6.45) is 6.62. The Morgan fingerprint density at radius 2 is 2.06 bits per heavy atom. The van der Waals surface area contributed by atoms with Crippen molar-refractivity contribution in [1.29, 1.82) is 0 Å². The molecule has 0 radical (unpaired) electrons. The summed E-state index contributed by atoms with van der Waals surface area (Å²) in [4.78, 5) is 14.5. The van der Waals surface area contributed by atoms with Crippen molar-refractivity contribution in [3.05, 3.63) is 0 Å². The number of amides is 1. The third-order valence-corrected chi connectivity index (χ3v) is 3.80. The number of nitrogens with two attached hydrogens (primary N) is 1. The highest BCUT2D eigenvalue weighted by Crippen LogP contribution is 2.26. The van der Waals surface area contributed by atoms with Crippen molar-refractivity contribution < 1.29 is 4.79 Å². The first-order chi connectivity index (χ1) is 8.07. The number of nitrogens with zero attached hydrogens (tertiary/aromatic N) is 1. The van der Waals surface area contributed by atoms with Gasteiger partial charge in [-0.05, 0) is 33.1 Å². The van der Waals surface area contributed by atoms with Gasteiger partial charge in [-0.3, -0.25) is 4.79 Å². The highest BCUT2D eigenvalue weighted by molar-refractivity contribution is 5.80. The van der Waals surface area contributed by atoms with Gasteiger partial charge in [-0.25, -0.2) is 0 Å². The quantitative estimate of drug-likeness (QED) is 0.725. The molecule has 17 heavy (non-hydrogen) atoms. The first-order valence-corrected chi connectivity index (χ1v) is 7.14. The lowest BCUT2D eigenvalue weighted by Crippen LogP contribution is -2.45. The average molecular weight is 240 g/mol. The Balaban J connectivity index is 2.53. The number of rotatable bonds is 6. The molecular formula is C14H28N2O. The molecule has 3 heteroatoms. The van der Waals surface area contributed by atoms with Gasteiger partial charge in [-0.2, -0.15) is 0 Å². The van der Waals surface area contributed by atoms with Crippen molar-refractivity contribution in [2.45, 2.75) is 71.4 Å². The van der Waals surface area contributed by atoms with Crippen molar-refractivity contribution in [3.8, 4) is 0 Å². The molecular weight excluding hydrogens is 212 g/mol. The van der Waals surface area contributed by atoms with Crippen LogP contribution in [0.25, 0.3) is 0 Å². The summed E-state index contributed by atoms with van der Waals surface area (Å²) in [7, 11) is 0. The molecule has 2 atom stereocenters.